The molecule has 3 heterocycles. The van der Waals surface area contributed by atoms with Crippen molar-refractivity contribution < 1.29 is 9.18 Å². The number of para-hydroxylation sites is 1. The standard InChI is InChI=1S/C28H30FN5O/c1-19-9-5-8-12-23(19)32-13-15-33(16-14-32)27(35)22-17-24(20-10-6-7-11-21(20)29)34-26(30-22)18-25(31-34)28(2,3)4/h5-12,17-18H,13-16H2,1-4H3. The Labute approximate surface area is 205 Å². The molecule has 1 amide bonds. The monoisotopic (exact) mass is 471 g/mol. The Kier molecular flexibility index (Phi) is 5.79. The third-order valence-corrected chi connectivity index (χ3v) is 6.59. The van der Waals surface area contributed by atoms with Gasteiger partial charge in [-0.25, -0.2) is 13.9 Å². The Morgan fingerprint density at radius 1 is 0.943 bits per heavy atom. The number of aryl methyl sites for hydroxylation is 1. The summed E-state index contributed by atoms with van der Waals surface area (Å²) in [5.41, 5.74) is 4.81. The number of nitrogens with zero attached hydrogens (tertiary/aromatic N) is 5. The molecule has 1 aliphatic heterocycles. The molecule has 4 aromatic rings. The van der Waals surface area contributed by atoms with Crippen LogP contribution in [0.25, 0.3) is 16.9 Å². The fourth-order valence-electron chi connectivity index (χ4n) is 4.54. The largest absolute Gasteiger partial charge is 0.368 e. The topological polar surface area (TPSA) is 53.7 Å². The van der Waals surface area contributed by atoms with Crippen molar-refractivity contribution in [1.82, 2.24) is 19.5 Å². The Bertz CT molecular complexity index is 1400. The van der Waals surface area contributed by atoms with Crippen molar-refractivity contribution in [1.29, 1.82) is 0 Å². The smallest absolute Gasteiger partial charge is 0.272 e. The molecule has 6 nitrogen and oxygen atoms in total. The molecule has 2 aromatic heterocycles. The summed E-state index contributed by atoms with van der Waals surface area (Å²) in [6, 6.07) is 18.4. The van der Waals surface area contributed by atoms with E-state index in [-0.39, 0.29) is 17.1 Å². The molecule has 0 saturated carbocycles. The summed E-state index contributed by atoms with van der Waals surface area (Å²) in [6.07, 6.45) is 0. The zero-order valence-corrected chi connectivity index (χ0v) is 20.6. The SMILES string of the molecule is Cc1ccccc1N1CCN(C(=O)c2cc(-c3ccccc3F)n3nc(C(C)(C)C)cc3n2)CC1. The van der Waals surface area contributed by atoms with Crippen molar-refractivity contribution in [2.24, 2.45) is 0 Å². The molecule has 2 aromatic carbocycles. The highest BCUT2D eigenvalue weighted by Gasteiger charge is 2.27. The number of anilines is 1. The van der Waals surface area contributed by atoms with Crippen LogP contribution in [0, 0.1) is 12.7 Å². The molecule has 0 bridgehead atoms. The van der Waals surface area contributed by atoms with E-state index in [1.54, 1.807) is 28.8 Å². The predicted octanol–water partition coefficient (Wildman–Crippen LogP) is 5.10. The van der Waals surface area contributed by atoms with E-state index in [4.69, 9.17) is 5.10 Å². The molecule has 5 rings (SSSR count). The van der Waals surface area contributed by atoms with E-state index < -0.39 is 0 Å². The molecule has 0 aliphatic carbocycles. The van der Waals surface area contributed by atoms with Gasteiger partial charge in [0.15, 0.2) is 5.65 Å². The first-order chi connectivity index (χ1) is 16.7. The summed E-state index contributed by atoms with van der Waals surface area (Å²) < 4.78 is 16.5. The average molecular weight is 472 g/mol. The van der Waals surface area contributed by atoms with Crippen LogP contribution in [0.2, 0.25) is 0 Å². The molecule has 0 spiro atoms. The van der Waals surface area contributed by atoms with E-state index >= 15 is 0 Å². The van der Waals surface area contributed by atoms with Crippen molar-refractivity contribution in [2.75, 3.05) is 31.1 Å². The van der Waals surface area contributed by atoms with Crippen LogP contribution in [-0.4, -0.2) is 51.6 Å². The highest BCUT2D eigenvalue weighted by molar-refractivity contribution is 5.94. The van der Waals surface area contributed by atoms with Gasteiger partial charge in [-0.15, -0.1) is 0 Å². The van der Waals surface area contributed by atoms with Gasteiger partial charge in [-0.2, -0.15) is 5.10 Å². The Balaban J connectivity index is 1.49. The highest BCUT2D eigenvalue weighted by atomic mass is 19.1. The van der Waals surface area contributed by atoms with E-state index in [0.717, 1.165) is 18.8 Å². The zero-order valence-electron chi connectivity index (χ0n) is 20.6. The van der Waals surface area contributed by atoms with Gasteiger partial charge in [-0.05, 0) is 36.8 Å². The molecule has 0 radical (unpaired) electrons. The van der Waals surface area contributed by atoms with Crippen LogP contribution < -0.4 is 4.90 Å². The first kappa shape index (κ1) is 23.0. The molecule has 0 N–H and O–H groups in total. The van der Waals surface area contributed by atoms with Crippen molar-refractivity contribution in [3.63, 3.8) is 0 Å². The molecule has 1 aliphatic rings. The number of aromatic nitrogens is 3. The number of amides is 1. The van der Waals surface area contributed by atoms with E-state index in [9.17, 15) is 9.18 Å². The van der Waals surface area contributed by atoms with Crippen LogP contribution in [0.3, 0.4) is 0 Å². The maximum Gasteiger partial charge on any atom is 0.272 e. The van der Waals surface area contributed by atoms with Crippen LogP contribution in [-0.2, 0) is 5.41 Å². The van der Waals surface area contributed by atoms with Crippen LogP contribution >= 0.6 is 0 Å². The molecule has 0 unspecified atom stereocenters. The summed E-state index contributed by atoms with van der Waals surface area (Å²) in [7, 11) is 0. The second kappa shape index (κ2) is 8.80. The lowest BCUT2D eigenvalue weighted by Crippen LogP contribution is -2.49. The number of carbonyl (C=O) groups is 1. The van der Waals surface area contributed by atoms with Crippen molar-refractivity contribution in [3.8, 4) is 11.3 Å². The molecule has 35 heavy (non-hydrogen) atoms. The third kappa shape index (κ3) is 4.38. The Morgan fingerprint density at radius 3 is 2.31 bits per heavy atom. The van der Waals surface area contributed by atoms with Gasteiger partial charge in [0.1, 0.15) is 11.5 Å². The van der Waals surface area contributed by atoms with E-state index in [2.05, 4.69) is 49.7 Å². The molecule has 1 fully saturated rings. The van der Waals surface area contributed by atoms with Gasteiger partial charge in [0.2, 0.25) is 0 Å². The molecule has 180 valence electrons. The number of hydrogen-bond donors (Lipinski definition) is 0. The molecule has 1 saturated heterocycles. The molecular weight excluding hydrogens is 441 g/mol. The van der Waals surface area contributed by atoms with Crippen LogP contribution in [0.5, 0.6) is 0 Å². The fraction of sp³-hybridized carbons (Fsp3) is 0.321. The van der Waals surface area contributed by atoms with Gasteiger partial charge >= 0.3 is 0 Å². The highest BCUT2D eigenvalue weighted by Crippen LogP contribution is 2.28. The quantitative estimate of drug-likeness (QED) is 0.417. The van der Waals surface area contributed by atoms with Gasteiger partial charge in [-0.3, -0.25) is 4.79 Å². The zero-order chi connectivity index (χ0) is 24.7. The van der Waals surface area contributed by atoms with Gasteiger partial charge in [0, 0.05) is 48.9 Å². The van der Waals surface area contributed by atoms with Crippen molar-refractivity contribution in [3.05, 3.63) is 83.4 Å². The fourth-order valence-corrected chi connectivity index (χ4v) is 4.54. The number of piperazine rings is 1. The second-order valence-electron chi connectivity index (χ2n) is 10.1. The average Bonchev–Trinajstić information content (AvgIpc) is 3.29. The molecule has 0 atom stereocenters. The number of carbonyl (C=O) groups excluding carboxylic acids is 1. The van der Waals surface area contributed by atoms with Crippen LogP contribution in [0.1, 0.15) is 42.5 Å². The van der Waals surface area contributed by atoms with Crippen molar-refractivity contribution in [2.45, 2.75) is 33.1 Å². The third-order valence-electron chi connectivity index (χ3n) is 6.59. The summed E-state index contributed by atoms with van der Waals surface area (Å²) in [6.45, 7) is 11.0. The summed E-state index contributed by atoms with van der Waals surface area (Å²) in [5, 5.41) is 4.72. The number of benzene rings is 2. The predicted molar refractivity (Wildman–Crippen MR) is 136 cm³/mol. The summed E-state index contributed by atoms with van der Waals surface area (Å²) >= 11 is 0. The number of rotatable bonds is 3. The first-order valence-electron chi connectivity index (χ1n) is 12.0. The van der Waals surface area contributed by atoms with Gasteiger partial charge in [0.05, 0.1) is 11.4 Å². The van der Waals surface area contributed by atoms with Gasteiger partial charge in [0.25, 0.3) is 5.91 Å². The number of halogens is 1. The lowest BCUT2D eigenvalue weighted by atomic mass is 9.93. The van der Waals surface area contributed by atoms with Crippen molar-refractivity contribution >= 4 is 17.2 Å². The van der Waals surface area contributed by atoms with Gasteiger partial charge < -0.3 is 9.80 Å². The summed E-state index contributed by atoms with van der Waals surface area (Å²) in [4.78, 5) is 22.4. The summed E-state index contributed by atoms with van der Waals surface area (Å²) in [5.74, 6) is -0.508. The van der Waals surface area contributed by atoms with E-state index in [1.807, 2.05) is 23.1 Å². The number of fused-ring (bicyclic) bond motifs is 1. The Morgan fingerprint density at radius 2 is 1.63 bits per heavy atom. The molecular formula is C28H30FN5O. The maximum atomic E-state index is 14.8. The number of hydrogen-bond acceptors (Lipinski definition) is 4. The Hall–Kier alpha value is -3.74. The van der Waals surface area contributed by atoms with Crippen LogP contribution in [0.4, 0.5) is 10.1 Å². The van der Waals surface area contributed by atoms with Crippen LogP contribution in [0.15, 0.2) is 60.7 Å². The van der Waals surface area contributed by atoms with Gasteiger partial charge in [-0.1, -0.05) is 51.1 Å². The maximum absolute atomic E-state index is 14.8. The lowest BCUT2D eigenvalue weighted by molar-refractivity contribution is 0.0741. The first-order valence-corrected chi connectivity index (χ1v) is 12.0. The second-order valence-corrected chi connectivity index (χ2v) is 10.1. The van der Waals surface area contributed by atoms with E-state index in [0.29, 0.717) is 35.7 Å². The minimum atomic E-state index is -0.363. The lowest BCUT2D eigenvalue weighted by Gasteiger charge is -2.36. The molecule has 7 heteroatoms. The normalized spacial score (nSPS) is 14.5. The van der Waals surface area contributed by atoms with E-state index in [1.165, 1.54) is 17.3 Å². The minimum absolute atomic E-state index is 0.145. The minimum Gasteiger partial charge on any atom is -0.368 e.